The van der Waals surface area contributed by atoms with Crippen LogP contribution in [0.25, 0.3) is 0 Å². The summed E-state index contributed by atoms with van der Waals surface area (Å²) < 4.78 is 26.5. The van der Waals surface area contributed by atoms with Gasteiger partial charge in [-0.2, -0.15) is 0 Å². The van der Waals surface area contributed by atoms with Crippen molar-refractivity contribution in [3.63, 3.8) is 0 Å². The quantitative estimate of drug-likeness (QED) is 0.562. The van der Waals surface area contributed by atoms with E-state index in [1.54, 1.807) is 11.3 Å². The fraction of sp³-hybridized carbons (Fsp3) is 0.571. The number of hydrogen-bond donors (Lipinski definition) is 3. The number of rotatable bonds is 10. The summed E-state index contributed by atoms with van der Waals surface area (Å²) in [5, 5.41) is 15.0. The van der Waals surface area contributed by atoms with Gasteiger partial charge >= 0.3 is 0 Å². The Kier molecular flexibility index (Phi) is 6.81. The third kappa shape index (κ3) is 5.56. The molecule has 3 rings (SSSR count). The van der Waals surface area contributed by atoms with Crippen molar-refractivity contribution in [1.29, 1.82) is 0 Å². The third-order valence-electron chi connectivity index (χ3n) is 5.19. The summed E-state index contributed by atoms with van der Waals surface area (Å²) in [7, 11) is 0. The number of halogens is 2. The highest BCUT2D eigenvalue weighted by Gasteiger charge is 2.45. The van der Waals surface area contributed by atoms with E-state index >= 15 is 0 Å². The first kappa shape index (κ1) is 21.3. The highest BCUT2D eigenvalue weighted by Crippen LogP contribution is 2.47. The maximum atomic E-state index is 13.3. The largest absolute Gasteiger partial charge is 0.390 e. The molecule has 7 heteroatoms. The lowest BCUT2D eigenvalue weighted by Gasteiger charge is -2.23. The molecule has 0 radical (unpaired) electrons. The second-order valence-corrected chi connectivity index (χ2v) is 9.34. The monoisotopic (exact) mass is 409 g/mol. The summed E-state index contributed by atoms with van der Waals surface area (Å²) in [6, 6.07) is 2.99. The molecule has 1 heterocycles. The maximum Gasteiger partial charge on any atom is 0.126 e. The van der Waals surface area contributed by atoms with Gasteiger partial charge in [-0.05, 0) is 49.3 Å². The molecule has 0 unspecified atom stereocenters. The zero-order valence-electron chi connectivity index (χ0n) is 16.4. The van der Waals surface area contributed by atoms with E-state index in [1.807, 2.05) is 6.20 Å². The maximum absolute atomic E-state index is 13.3. The lowest BCUT2D eigenvalue weighted by molar-refractivity contribution is 0.133. The van der Waals surface area contributed by atoms with E-state index in [-0.39, 0.29) is 5.54 Å². The normalized spacial score (nSPS) is 17.7. The number of aromatic nitrogens is 1. The van der Waals surface area contributed by atoms with Gasteiger partial charge in [-0.15, -0.1) is 11.3 Å². The van der Waals surface area contributed by atoms with Crippen molar-refractivity contribution in [3.05, 3.63) is 51.5 Å². The molecule has 0 spiro atoms. The number of nitrogens with one attached hydrogen (secondary N) is 1. The number of thiazole rings is 1. The van der Waals surface area contributed by atoms with Crippen LogP contribution in [0.3, 0.4) is 0 Å². The Morgan fingerprint density at radius 2 is 1.93 bits per heavy atom. The first-order valence-corrected chi connectivity index (χ1v) is 10.7. The van der Waals surface area contributed by atoms with Crippen LogP contribution in [0.15, 0.2) is 24.4 Å². The summed E-state index contributed by atoms with van der Waals surface area (Å²) in [6.45, 7) is 4.75. The number of nitrogens with zero attached hydrogens (tertiary/aromatic N) is 1. The third-order valence-corrected chi connectivity index (χ3v) is 6.41. The molecule has 0 amide bonds. The van der Waals surface area contributed by atoms with Gasteiger partial charge in [0.1, 0.15) is 11.6 Å². The summed E-state index contributed by atoms with van der Waals surface area (Å²) in [6.07, 6.45) is 5.14. The summed E-state index contributed by atoms with van der Waals surface area (Å²) >= 11 is 1.74. The van der Waals surface area contributed by atoms with Crippen LogP contribution in [0, 0.1) is 17.6 Å². The van der Waals surface area contributed by atoms with Crippen LogP contribution in [0.5, 0.6) is 0 Å². The van der Waals surface area contributed by atoms with E-state index in [0.29, 0.717) is 30.9 Å². The van der Waals surface area contributed by atoms with Gasteiger partial charge in [-0.1, -0.05) is 13.8 Å². The highest BCUT2D eigenvalue weighted by atomic mass is 32.1. The van der Waals surface area contributed by atoms with Gasteiger partial charge in [0.05, 0.1) is 16.7 Å². The zero-order valence-corrected chi connectivity index (χ0v) is 17.2. The summed E-state index contributed by atoms with van der Waals surface area (Å²) in [5.41, 5.74) is 6.57. The van der Waals surface area contributed by atoms with Crippen LogP contribution in [-0.4, -0.2) is 28.8 Å². The van der Waals surface area contributed by atoms with Gasteiger partial charge in [0, 0.05) is 36.1 Å². The van der Waals surface area contributed by atoms with Gasteiger partial charge in [0.15, 0.2) is 0 Å². The van der Waals surface area contributed by atoms with E-state index in [1.165, 1.54) is 17.0 Å². The fourth-order valence-corrected chi connectivity index (χ4v) is 4.70. The average molecular weight is 410 g/mol. The molecule has 1 fully saturated rings. The van der Waals surface area contributed by atoms with Gasteiger partial charge in [0.2, 0.25) is 0 Å². The molecule has 1 aliphatic rings. The van der Waals surface area contributed by atoms with Crippen molar-refractivity contribution in [2.24, 2.45) is 11.7 Å². The molecule has 0 aliphatic heterocycles. The zero-order chi connectivity index (χ0) is 20.3. The Labute approximate surface area is 169 Å². The molecule has 1 saturated carbocycles. The average Bonchev–Trinajstić information content (AvgIpc) is 3.27. The van der Waals surface area contributed by atoms with Gasteiger partial charge in [-0.25, -0.2) is 13.8 Å². The molecule has 0 saturated heterocycles. The van der Waals surface area contributed by atoms with Crippen molar-refractivity contribution in [2.75, 3.05) is 6.54 Å². The smallest absolute Gasteiger partial charge is 0.126 e. The molecule has 28 heavy (non-hydrogen) atoms. The van der Waals surface area contributed by atoms with Crippen LogP contribution in [0.1, 0.15) is 48.6 Å². The molecule has 2 atom stereocenters. The van der Waals surface area contributed by atoms with Crippen LogP contribution in [0.4, 0.5) is 8.78 Å². The van der Waals surface area contributed by atoms with Crippen molar-refractivity contribution >= 4 is 11.3 Å². The highest BCUT2D eigenvalue weighted by molar-refractivity contribution is 7.11. The Hall–Kier alpha value is -1.41. The topological polar surface area (TPSA) is 71.2 Å². The molecular weight excluding hydrogens is 380 g/mol. The van der Waals surface area contributed by atoms with E-state index in [0.717, 1.165) is 30.3 Å². The molecule has 1 aromatic heterocycles. The van der Waals surface area contributed by atoms with Gasteiger partial charge in [-0.3, -0.25) is 0 Å². The van der Waals surface area contributed by atoms with Crippen molar-refractivity contribution in [3.8, 4) is 0 Å². The standard InChI is InChI=1S/C21H29F2N3OS/c1-13(2)7-20-25-12-19(28-20)21(5-6-21)26-11-18(27)17(24)4-3-14-8-15(22)10-16(23)9-14/h8-10,12-13,17-18,26-27H,3-7,11,24H2,1-2H3/t17-,18+/m0/s1. The minimum Gasteiger partial charge on any atom is -0.390 e. The van der Waals surface area contributed by atoms with E-state index in [9.17, 15) is 13.9 Å². The predicted octanol–water partition coefficient (Wildman–Crippen LogP) is 3.52. The minimum atomic E-state index is -0.723. The lowest BCUT2D eigenvalue weighted by Crippen LogP contribution is -2.44. The van der Waals surface area contributed by atoms with Crippen molar-refractivity contribution in [1.82, 2.24) is 10.3 Å². The molecule has 4 N–H and O–H groups in total. The number of hydrogen-bond acceptors (Lipinski definition) is 5. The number of aliphatic hydroxyl groups is 1. The van der Waals surface area contributed by atoms with Gasteiger partial charge in [0.25, 0.3) is 0 Å². The summed E-state index contributed by atoms with van der Waals surface area (Å²) in [4.78, 5) is 5.75. The number of aliphatic hydroxyl groups excluding tert-OH is 1. The lowest BCUT2D eigenvalue weighted by atomic mass is 10.0. The Morgan fingerprint density at radius 1 is 1.25 bits per heavy atom. The Balaban J connectivity index is 1.49. The van der Waals surface area contributed by atoms with Crippen molar-refractivity contribution in [2.45, 2.75) is 63.6 Å². The van der Waals surface area contributed by atoms with Crippen LogP contribution in [0.2, 0.25) is 0 Å². The van der Waals surface area contributed by atoms with Gasteiger partial charge < -0.3 is 16.2 Å². The second kappa shape index (κ2) is 8.95. The molecule has 154 valence electrons. The van der Waals surface area contributed by atoms with E-state index < -0.39 is 23.8 Å². The number of aryl methyl sites for hydroxylation is 1. The molecular formula is C21H29F2N3OS. The second-order valence-electron chi connectivity index (χ2n) is 8.23. The van der Waals surface area contributed by atoms with E-state index in [2.05, 4.69) is 24.1 Å². The SMILES string of the molecule is CC(C)Cc1ncc(C2(NC[C@@H](O)[C@@H](N)CCc3cc(F)cc(F)c3)CC2)s1. The van der Waals surface area contributed by atoms with Crippen LogP contribution < -0.4 is 11.1 Å². The Bertz CT molecular complexity index is 771. The first-order valence-electron chi connectivity index (χ1n) is 9.86. The molecule has 1 aromatic carbocycles. The minimum absolute atomic E-state index is 0.0840. The molecule has 0 bridgehead atoms. The fourth-order valence-electron chi connectivity index (χ4n) is 3.34. The van der Waals surface area contributed by atoms with Crippen molar-refractivity contribution < 1.29 is 13.9 Å². The molecule has 1 aliphatic carbocycles. The predicted molar refractivity (Wildman–Crippen MR) is 108 cm³/mol. The number of benzene rings is 1. The molecule has 4 nitrogen and oxygen atoms in total. The number of nitrogens with two attached hydrogens (primary N) is 1. The van der Waals surface area contributed by atoms with Crippen LogP contribution >= 0.6 is 11.3 Å². The Morgan fingerprint density at radius 3 is 2.54 bits per heavy atom. The van der Waals surface area contributed by atoms with Crippen LogP contribution in [-0.2, 0) is 18.4 Å². The first-order chi connectivity index (χ1) is 13.3. The van der Waals surface area contributed by atoms with E-state index in [4.69, 9.17) is 5.73 Å². The summed E-state index contributed by atoms with van der Waals surface area (Å²) in [5.74, 6) is -0.612. The molecule has 2 aromatic rings.